The van der Waals surface area contributed by atoms with E-state index in [2.05, 4.69) is 5.32 Å². The van der Waals surface area contributed by atoms with Gasteiger partial charge in [-0.2, -0.15) is 0 Å². The summed E-state index contributed by atoms with van der Waals surface area (Å²) in [7, 11) is 3.02. The zero-order valence-electron chi connectivity index (χ0n) is 17.3. The van der Waals surface area contributed by atoms with Crippen molar-refractivity contribution in [1.82, 2.24) is 5.32 Å². The molecule has 0 saturated carbocycles. The second kappa shape index (κ2) is 9.53. The van der Waals surface area contributed by atoms with Crippen LogP contribution in [0.5, 0.6) is 11.5 Å². The van der Waals surface area contributed by atoms with Crippen LogP contribution in [0.25, 0.3) is 0 Å². The standard InChI is InChI=1S/C23H22F2N2O4/c1-14(15-7-9-20(24)21(25)12-15)26-23(16-5-4-6-18(11-16)30-2)19-13-17(27(28)29)8-10-22(19)31-3/h4-14,23,26H,1-3H3. The molecule has 0 radical (unpaired) electrons. The Morgan fingerprint density at radius 1 is 0.935 bits per heavy atom. The van der Waals surface area contributed by atoms with Crippen molar-refractivity contribution in [1.29, 1.82) is 0 Å². The maximum Gasteiger partial charge on any atom is 0.270 e. The highest BCUT2D eigenvalue weighted by Gasteiger charge is 2.24. The van der Waals surface area contributed by atoms with Crippen molar-refractivity contribution in [3.8, 4) is 11.5 Å². The number of benzene rings is 3. The van der Waals surface area contributed by atoms with Crippen molar-refractivity contribution in [2.24, 2.45) is 0 Å². The summed E-state index contributed by atoms with van der Waals surface area (Å²) in [6.45, 7) is 1.80. The maximum absolute atomic E-state index is 13.8. The van der Waals surface area contributed by atoms with Crippen LogP contribution in [-0.2, 0) is 0 Å². The number of rotatable bonds is 8. The molecule has 0 heterocycles. The molecule has 162 valence electrons. The van der Waals surface area contributed by atoms with Gasteiger partial charge in [-0.1, -0.05) is 18.2 Å². The van der Waals surface area contributed by atoms with Crippen LogP contribution in [0.4, 0.5) is 14.5 Å². The lowest BCUT2D eigenvalue weighted by Gasteiger charge is -2.26. The van der Waals surface area contributed by atoms with Gasteiger partial charge in [-0.15, -0.1) is 0 Å². The van der Waals surface area contributed by atoms with E-state index in [4.69, 9.17) is 9.47 Å². The van der Waals surface area contributed by atoms with Gasteiger partial charge < -0.3 is 9.47 Å². The predicted molar refractivity (Wildman–Crippen MR) is 112 cm³/mol. The predicted octanol–water partition coefficient (Wildman–Crippen LogP) is 5.33. The largest absolute Gasteiger partial charge is 0.497 e. The zero-order valence-corrected chi connectivity index (χ0v) is 17.3. The third-order valence-electron chi connectivity index (χ3n) is 5.02. The minimum absolute atomic E-state index is 0.0917. The molecular weight excluding hydrogens is 406 g/mol. The Balaban J connectivity index is 2.10. The summed E-state index contributed by atoms with van der Waals surface area (Å²) in [5, 5.41) is 14.7. The Bertz CT molecular complexity index is 1090. The summed E-state index contributed by atoms with van der Waals surface area (Å²) in [4.78, 5) is 10.9. The van der Waals surface area contributed by atoms with Gasteiger partial charge in [0.1, 0.15) is 11.5 Å². The highest BCUT2D eigenvalue weighted by molar-refractivity contribution is 5.49. The van der Waals surface area contributed by atoms with Crippen LogP contribution in [0.1, 0.15) is 35.7 Å². The molecule has 0 fully saturated rings. The fourth-order valence-corrected chi connectivity index (χ4v) is 3.38. The molecule has 2 unspecified atom stereocenters. The highest BCUT2D eigenvalue weighted by Crippen LogP contribution is 2.36. The average Bonchev–Trinajstić information content (AvgIpc) is 2.78. The third kappa shape index (κ3) is 4.97. The quantitative estimate of drug-likeness (QED) is 0.388. The first-order valence-corrected chi connectivity index (χ1v) is 9.51. The first kappa shape index (κ1) is 22.2. The van der Waals surface area contributed by atoms with E-state index in [1.165, 1.54) is 31.4 Å². The Hall–Kier alpha value is -3.52. The van der Waals surface area contributed by atoms with Crippen molar-refractivity contribution in [3.63, 3.8) is 0 Å². The minimum Gasteiger partial charge on any atom is -0.497 e. The van der Waals surface area contributed by atoms with Crippen molar-refractivity contribution >= 4 is 5.69 Å². The topological polar surface area (TPSA) is 73.6 Å². The van der Waals surface area contributed by atoms with Crippen molar-refractivity contribution in [2.45, 2.75) is 19.0 Å². The maximum atomic E-state index is 13.8. The fraction of sp³-hybridized carbons (Fsp3) is 0.217. The average molecular weight is 428 g/mol. The monoisotopic (exact) mass is 428 g/mol. The smallest absolute Gasteiger partial charge is 0.270 e. The number of hydrogen-bond acceptors (Lipinski definition) is 5. The summed E-state index contributed by atoms with van der Waals surface area (Å²) in [6, 6.07) is 14.3. The summed E-state index contributed by atoms with van der Waals surface area (Å²) in [6.07, 6.45) is 0. The summed E-state index contributed by atoms with van der Waals surface area (Å²) >= 11 is 0. The Morgan fingerprint density at radius 3 is 2.35 bits per heavy atom. The van der Waals surface area contributed by atoms with E-state index in [-0.39, 0.29) is 5.69 Å². The molecule has 0 spiro atoms. The highest BCUT2D eigenvalue weighted by atomic mass is 19.2. The molecule has 3 aromatic rings. The molecule has 31 heavy (non-hydrogen) atoms. The molecule has 0 aliphatic rings. The second-order valence-corrected chi connectivity index (χ2v) is 6.95. The van der Waals surface area contributed by atoms with Crippen LogP contribution in [0.15, 0.2) is 60.7 Å². The van der Waals surface area contributed by atoms with Crippen molar-refractivity contribution in [2.75, 3.05) is 14.2 Å². The zero-order chi connectivity index (χ0) is 22.5. The number of nitrogens with zero attached hydrogens (tertiary/aromatic N) is 1. The molecule has 0 aliphatic carbocycles. The number of nitro groups is 1. The SMILES string of the molecule is COc1cccc(C(NC(C)c2ccc(F)c(F)c2)c2cc([N+](=O)[O-])ccc2OC)c1. The van der Waals surface area contributed by atoms with Gasteiger partial charge in [0, 0.05) is 23.7 Å². The van der Waals surface area contributed by atoms with Crippen LogP contribution in [0.3, 0.4) is 0 Å². The molecule has 0 saturated heterocycles. The lowest BCUT2D eigenvalue weighted by atomic mass is 9.95. The first-order chi connectivity index (χ1) is 14.8. The van der Waals surface area contributed by atoms with Crippen molar-refractivity contribution in [3.05, 3.63) is 99.1 Å². The number of hydrogen-bond donors (Lipinski definition) is 1. The molecule has 2 atom stereocenters. The molecule has 3 rings (SSSR count). The molecular formula is C23H22F2N2O4. The van der Waals surface area contributed by atoms with E-state index in [1.54, 1.807) is 32.2 Å². The van der Waals surface area contributed by atoms with Crippen LogP contribution in [0.2, 0.25) is 0 Å². The number of nitrogens with one attached hydrogen (secondary N) is 1. The Kier molecular flexibility index (Phi) is 6.81. The number of nitro benzene ring substituents is 1. The molecule has 0 aromatic heterocycles. The second-order valence-electron chi connectivity index (χ2n) is 6.95. The van der Waals surface area contributed by atoms with Gasteiger partial charge >= 0.3 is 0 Å². The number of halogens is 2. The van der Waals surface area contributed by atoms with Crippen molar-refractivity contribution < 1.29 is 23.2 Å². The molecule has 8 heteroatoms. The van der Waals surface area contributed by atoms with Gasteiger partial charge in [0.05, 0.1) is 25.2 Å². The normalized spacial score (nSPS) is 12.8. The molecule has 0 amide bonds. The lowest BCUT2D eigenvalue weighted by Crippen LogP contribution is -2.26. The van der Waals surface area contributed by atoms with E-state index in [1.807, 2.05) is 6.07 Å². The van der Waals surface area contributed by atoms with Crippen LogP contribution in [-0.4, -0.2) is 19.1 Å². The van der Waals surface area contributed by atoms with Gasteiger partial charge in [0.2, 0.25) is 0 Å². The van der Waals surface area contributed by atoms with Gasteiger partial charge in [0.25, 0.3) is 5.69 Å². The summed E-state index contributed by atoms with van der Waals surface area (Å²) < 4.78 is 37.9. The molecule has 0 aliphatic heterocycles. The molecule has 1 N–H and O–H groups in total. The molecule has 6 nitrogen and oxygen atoms in total. The van der Waals surface area contributed by atoms with Gasteiger partial charge in [-0.05, 0) is 48.4 Å². The fourth-order valence-electron chi connectivity index (χ4n) is 3.38. The van der Waals surface area contributed by atoms with Gasteiger partial charge in [-0.25, -0.2) is 8.78 Å². The van der Waals surface area contributed by atoms with E-state index in [0.717, 1.165) is 17.7 Å². The van der Waals surface area contributed by atoms with E-state index in [0.29, 0.717) is 22.6 Å². The Labute approximate surface area is 178 Å². The number of ether oxygens (including phenoxy) is 2. The lowest BCUT2D eigenvalue weighted by molar-refractivity contribution is -0.385. The Morgan fingerprint density at radius 2 is 1.71 bits per heavy atom. The minimum atomic E-state index is -0.947. The van der Waals surface area contributed by atoms with Gasteiger partial charge in [-0.3, -0.25) is 15.4 Å². The van der Waals surface area contributed by atoms with Gasteiger partial charge in [0.15, 0.2) is 11.6 Å². The first-order valence-electron chi connectivity index (χ1n) is 9.51. The van der Waals surface area contributed by atoms with Crippen LogP contribution < -0.4 is 14.8 Å². The van der Waals surface area contributed by atoms with Crippen LogP contribution >= 0.6 is 0 Å². The van der Waals surface area contributed by atoms with E-state index < -0.39 is 28.6 Å². The summed E-state index contributed by atoms with van der Waals surface area (Å²) in [5.41, 5.74) is 1.72. The third-order valence-corrected chi connectivity index (χ3v) is 5.02. The number of methoxy groups -OCH3 is 2. The van der Waals surface area contributed by atoms with E-state index >= 15 is 0 Å². The van der Waals surface area contributed by atoms with E-state index in [9.17, 15) is 18.9 Å². The number of non-ortho nitro benzene ring substituents is 1. The summed E-state index contributed by atoms with van der Waals surface area (Å²) in [5.74, 6) is -0.824. The molecule has 0 bridgehead atoms. The molecule has 3 aromatic carbocycles. The van der Waals surface area contributed by atoms with Crippen LogP contribution in [0, 0.1) is 21.7 Å².